The molecule has 0 aliphatic heterocycles. The Labute approximate surface area is 183 Å². The standard InChI is InChI=1S/C22H36O7Si/c1-4-10-19(23)26-16-7-13-22(29-30,14-8-17-27-20(24)11-5-2)15-9-18-28-21(25)12-6-3/h4-6,10-12H,7-9,13-18H2,1-3,30H3. The highest BCUT2D eigenvalue weighted by Crippen LogP contribution is 2.29. The Morgan fingerprint density at radius 2 is 0.967 bits per heavy atom. The van der Waals surface area contributed by atoms with E-state index >= 15 is 0 Å². The van der Waals surface area contributed by atoms with Gasteiger partial charge in [-0.05, 0) is 59.3 Å². The highest BCUT2D eigenvalue weighted by molar-refractivity contribution is 5.98. The molecule has 7 nitrogen and oxygen atoms in total. The summed E-state index contributed by atoms with van der Waals surface area (Å²) in [5.74, 6) is -1.08. The van der Waals surface area contributed by atoms with Crippen molar-refractivity contribution in [3.63, 3.8) is 0 Å². The van der Waals surface area contributed by atoms with Gasteiger partial charge in [-0.2, -0.15) is 0 Å². The Morgan fingerprint density at radius 3 is 1.20 bits per heavy atom. The summed E-state index contributed by atoms with van der Waals surface area (Å²) in [6, 6.07) is 0. The van der Waals surface area contributed by atoms with Crippen LogP contribution in [0.15, 0.2) is 36.5 Å². The van der Waals surface area contributed by atoms with Crippen LogP contribution in [0.5, 0.6) is 0 Å². The van der Waals surface area contributed by atoms with Crippen molar-refractivity contribution in [2.75, 3.05) is 19.8 Å². The van der Waals surface area contributed by atoms with E-state index in [2.05, 4.69) is 0 Å². The van der Waals surface area contributed by atoms with Gasteiger partial charge in [0.05, 0.1) is 25.4 Å². The fourth-order valence-corrected chi connectivity index (χ4v) is 3.55. The molecule has 0 radical (unpaired) electrons. The molecular formula is C22H36O7Si. The minimum atomic E-state index is -0.417. The summed E-state index contributed by atoms with van der Waals surface area (Å²) in [5, 5.41) is 0. The van der Waals surface area contributed by atoms with Crippen LogP contribution in [0, 0.1) is 0 Å². The van der Waals surface area contributed by atoms with Crippen LogP contribution in [0.4, 0.5) is 0 Å². The van der Waals surface area contributed by atoms with E-state index in [-0.39, 0.29) is 17.9 Å². The van der Waals surface area contributed by atoms with Crippen LogP contribution in [0.25, 0.3) is 0 Å². The zero-order valence-electron chi connectivity index (χ0n) is 18.7. The molecular weight excluding hydrogens is 404 g/mol. The number of carbonyl (C=O) groups excluding carboxylic acids is 3. The lowest BCUT2D eigenvalue weighted by atomic mass is 9.88. The van der Waals surface area contributed by atoms with Gasteiger partial charge >= 0.3 is 17.9 Å². The summed E-state index contributed by atoms with van der Waals surface area (Å²) in [6.45, 7) is 6.20. The van der Waals surface area contributed by atoms with E-state index in [1.165, 1.54) is 18.2 Å². The first kappa shape index (κ1) is 27.8. The number of esters is 3. The molecule has 0 saturated carbocycles. The Bertz CT molecular complexity index is 517. The first-order valence-electron chi connectivity index (χ1n) is 10.4. The van der Waals surface area contributed by atoms with Crippen LogP contribution < -0.4 is 0 Å². The average molecular weight is 441 g/mol. The van der Waals surface area contributed by atoms with Crippen molar-refractivity contribution in [3.05, 3.63) is 36.5 Å². The van der Waals surface area contributed by atoms with Crippen molar-refractivity contribution < 1.29 is 33.0 Å². The molecule has 0 aliphatic rings. The summed E-state index contributed by atoms with van der Waals surface area (Å²) in [4.78, 5) is 34.4. The van der Waals surface area contributed by atoms with E-state index in [4.69, 9.17) is 18.6 Å². The molecule has 0 rings (SSSR count). The second-order valence-corrected chi connectivity index (χ2v) is 7.11. The summed E-state index contributed by atoms with van der Waals surface area (Å²) >= 11 is 0. The minimum Gasteiger partial charge on any atom is -0.463 e. The summed E-state index contributed by atoms with van der Waals surface area (Å²) in [5.41, 5.74) is -0.417. The predicted octanol–water partition coefficient (Wildman–Crippen LogP) is 2.72. The lowest BCUT2D eigenvalue weighted by molar-refractivity contribution is -0.138. The number of ether oxygens (including phenoxy) is 3. The molecule has 170 valence electrons. The van der Waals surface area contributed by atoms with Crippen LogP contribution in [0.1, 0.15) is 59.3 Å². The van der Waals surface area contributed by atoms with Crippen molar-refractivity contribution in [1.82, 2.24) is 0 Å². The molecule has 0 fully saturated rings. The van der Waals surface area contributed by atoms with Crippen LogP contribution in [-0.2, 0) is 33.0 Å². The number of rotatable bonds is 16. The fourth-order valence-electron chi connectivity index (χ4n) is 2.94. The third-order valence-corrected chi connectivity index (χ3v) is 5.27. The van der Waals surface area contributed by atoms with Crippen molar-refractivity contribution in [1.29, 1.82) is 0 Å². The van der Waals surface area contributed by atoms with Gasteiger partial charge in [-0.15, -0.1) is 0 Å². The number of allylic oxidation sites excluding steroid dienone is 3. The topological polar surface area (TPSA) is 88.1 Å². The highest BCUT2D eigenvalue weighted by Gasteiger charge is 2.28. The van der Waals surface area contributed by atoms with E-state index < -0.39 is 5.60 Å². The molecule has 0 aromatic carbocycles. The van der Waals surface area contributed by atoms with Crippen LogP contribution in [-0.4, -0.2) is 53.8 Å². The molecule has 0 N–H and O–H groups in total. The van der Waals surface area contributed by atoms with E-state index in [0.717, 1.165) is 0 Å². The molecule has 0 spiro atoms. The van der Waals surface area contributed by atoms with Crippen molar-refractivity contribution in [2.24, 2.45) is 0 Å². The third-order valence-electron chi connectivity index (χ3n) is 4.40. The summed E-state index contributed by atoms with van der Waals surface area (Å²) in [7, 11) is 0.537. The van der Waals surface area contributed by atoms with Crippen LogP contribution >= 0.6 is 0 Å². The Morgan fingerprint density at radius 1 is 0.667 bits per heavy atom. The lowest BCUT2D eigenvalue weighted by Gasteiger charge is -2.33. The monoisotopic (exact) mass is 440 g/mol. The van der Waals surface area contributed by atoms with E-state index in [9.17, 15) is 14.4 Å². The predicted molar refractivity (Wildman–Crippen MR) is 119 cm³/mol. The molecule has 0 aliphatic carbocycles. The fraction of sp³-hybridized carbons (Fsp3) is 0.591. The van der Waals surface area contributed by atoms with Crippen LogP contribution in [0.2, 0.25) is 0 Å². The third kappa shape index (κ3) is 13.9. The number of carbonyl (C=O) groups is 3. The van der Waals surface area contributed by atoms with Gasteiger partial charge in [-0.25, -0.2) is 14.4 Å². The van der Waals surface area contributed by atoms with Crippen molar-refractivity contribution in [3.8, 4) is 0 Å². The molecule has 0 atom stereocenters. The lowest BCUT2D eigenvalue weighted by Crippen LogP contribution is -2.33. The van der Waals surface area contributed by atoms with Gasteiger partial charge < -0.3 is 18.6 Å². The highest BCUT2D eigenvalue weighted by atomic mass is 28.2. The van der Waals surface area contributed by atoms with Gasteiger partial charge in [0.15, 0.2) is 0 Å². The van der Waals surface area contributed by atoms with Gasteiger partial charge in [0, 0.05) is 18.2 Å². The maximum Gasteiger partial charge on any atom is 0.330 e. The zero-order valence-corrected chi connectivity index (χ0v) is 20.7. The summed E-state index contributed by atoms with van der Waals surface area (Å²) < 4.78 is 21.5. The second-order valence-electron chi connectivity index (χ2n) is 6.70. The molecule has 0 amide bonds. The molecule has 0 saturated heterocycles. The second kappa shape index (κ2) is 17.6. The van der Waals surface area contributed by atoms with E-state index in [0.29, 0.717) is 68.8 Å². The Kier molecular flexibility index (Phi) is 16.4. The van der Waals surface area contributed by atoms with Crippen molar-refractivity contribution in [2.45, 2.75) is 64.9 Å². The van der Waals surface area contributed by atoms with E-state index in [1.807, 2.05) is 0 Å². The molecule has 0 heterocycles. The smallest absolute Gasteiger partial charge is 0.330 e. The largest absolute Gasteiger partial charge is 0.463 e. The first-order valence-corrected chi connectivity index (χ1v) is 11.2. The zero-order chi connectivity index (χ0) is 22.7. The SMILES string of the molecule is CC=CC(=O)OCCCC(CCCOC(=O)C=CC)(CCCOC(=O)C=CC)O[SiH3]. The Balaban J connectivity index is 4.68. The quantitative estimate of drug-likeness (QED) is 0.120. The molecule has 30 heavy (non-hydrogen) atoms. The van der Waals surface area contributed by atoms with Gasteiger partial charge in [-0.3, -0.25) is 0 Å². The normalized spacial score (nSPS) is 13.7. The molecule has 0 aromatic heterocycles. The van der Waals surface area contributed by atoms with Crippen molar-refractivity contribution >= 4 is 28.4 Å². The Hall–Kier alpha value is -2.19. The molecule has 0 aromatic rings. The van der Waals surface area contributed by atoms with Crippen LogP contribution in [0.3, 0.4) is 0 Å². The summed E-state index contributed by atoms with van der Waals surface area (Å²) in [6.07, 6.45) is 13.1. The maximum atomic E-state index is 11.5. The molecule has 8 heteroatoms. The average Bonchev–Trinajstić information content (AvgIpc) is 2.72. The van der Waals surface area contributed by atoms with Gasteiger partial charge in [0.25, 0.3) is 0 Å². The van der Waals surface area contributed by atoms with Gasteiger partial charge in [-0.1, -0.05) is 18.2 Å². The van der Waals surface area contributed by atoms with Gasteiger partial charge in [0.1, 0.15) is 10.5 Å². The molecule has 0 bridgehead atoms. The van der Waals surface area contributed by atoms with Gasteiger partial charge in [0.2, 0.25) is 0 Å². The molecule has 0 unspecified atom stereocenters. The first-order chi connectivity index (χ1) is 14.4. The minimum absolute atomic E-state index is 0.308. The van der Waals surface area contributed by atoms with E-state index in [1.54, 1.807) is 39.0 Å². The number of hydrogen-bond acceptors (Lipinski definition) is 7. The maximum absolute atomic E-state index is 11.5. The number of hydrogen-bond donors (Lipinski definition) is 0.